The molecule has 1 aliphatic rings. The monoisotopic (exact) mass is 237 g/mol. The number of benzene rings is 1. The number of anilines is 2. The third-order valence-corrected chi connectivity index (χ3v) is 3.21. The second-order valence-corrected chi connectivity index (χ2v) is 4.30. The lowest BCUT2D eigenvalue weighted by Crippen LogP contribution is -2.18. The Morgan fingerprint density at radius 2 is 1.94 bits per heavy atom. The lowest BCUT2D eigenvalue weighted by Gasteiger charge is -2.23. The molecule has 2 aromatic rings. The molecular formula is C15H15N3. The highest BCUT2D eigenvalue weighted by Crippen LogP contribution is 2.37. The van der Waals surface area contributed by atoms with Crippen molar-refractivity contribution in [2.45, 2.75) is 13.8 Å². The van der Waals surface area contributed by atoms with Crippen molar-refractivity contribution < 1.29 is 0 Å². The Kier molecular flexibility index (Phi) is 2.59. The quantitative estimate of drug-likeness (QED) is 0.756. The van der Waals surface area contributed by atoms with E-state index in [1.54, 1.807) is 0 Å². The fraction of sp³-hybridized carbons (Fsp3) is 0.200. The Morgan fingerprint density at radius 1 is 1.11 bits per heavy atom. The van der Waals surface area contributed by atoms with Crippen LogP contribution in [0.5, 0.6) is 0 Å². The number of hydrogen-bond donors (Lipinski definition) is 0. The second kappa shape index (κ2) is 4.26. The molecule has 0 bridgehead atoms. The lowest BCUT2D eigenvalue weighted by atomic mass is 10.1. The van der Waals surface area contributed by atoms with Crippen LogP contribution in [0.3, 0.4) is 0 Å². The molecule has 0 fully saturated rings. The molecule has 3 rings (SSSR count). The van der Waals surface area contributed by atoms with Gasteiger partial charge in [0.2, 0.25) is 0 Å². The second-order valence-electron chi connectivity index (χ2n) is 4.30. The van der Waals surface area contributed by atoms with Gasteiger partial charge in [-0.1, -0.05) is 18.2 Å². The van der Waals surface area contributed by atoms with E-state index in [1.807, 2.05) is 18.3 Å². The summed E-state index contributed by atoms with van der Waals surface area (Å²) < 4.78 is 0. The number of nitrogens with zero attached hydrogens (tertiary/aromatic N) is 3. The van der Waals surface area contributed by atoms with Gasteiger partial charge in [0.05, 0.1) is 5.69 Å². The molecule has 90 valence electrons. The summed E-state index contributed by atoms with van der Waals surface area (Å²) in [5, 5.41) is 0. The van der Waals surface area contributed by atoms with Gasteiger partial charge < -0.3 is 4.90 Å². The minimum atomic E-state index is 0.879. The number of rotatable bonds is 1. The molecule has 0 radical (unpaired) electrons. The molecule has 0 atom stereocenters. The molecule has 0 aliphatic carbocycles. The van der Waals surface area contributed by atoms with E-state index in [0.717, 1.165) is 23.8 Å². The van der Waals surface area contributed by atoms with Crippen LogP contribution in [0.1, 0.15) is 19.4 Å². The zero-order valence-corrected chi connectivity index (χ0v) is 10.6. The Balaban J connectivity index is 2.31. The minimum absolute atomic E-state index is 0.879. The molecule has 2 heterocycles. The topological polar surface area (TPSA) is 28.5 Å². The zero-order chi connectivity index (χ0) is 12.5. The molecule has 1 aromatic carbocycles. The molecule has 1 aromatic heterocycles. The van der Waals surface area contributed by atoms with Crippen molar-refractivity contribution in [1.29, 1.82) is 0 Å². The molecule has 0 unspecified atom stereocenters. The van der Waals surface area contributed by atoms with Gasteiger partial charge in [0, 0.05) is 24.0 Å². The van der Waals surface area contributed by atoms with E-state index in [4.69, 9.17) is 4.99 Å². The van der Waals surface area contributed by atoms with Gasteiger partial charge in [-0.2, -0.15) is 0 Å². The smallest absolute Gasteiger partial charge is 0.159 e. The summed E-state index contributed by atoms with van der Waals surface area (Å²) in [6, 6.07) is 12.3. The first-order valence-corrected chi connectivity index (χ1v) is 6.18. The Hall–Kier alpha value is -2.16. The van der Waals surface area contributed by atoms with E-state index in [-0.39, 0.29) is 0 Å². The summed E-state index contributed by atoms with van der Waals surface area (Å²) in [6.07, 6.45) is 1.82. The van der Waals surface area contributed by atoms with Gasteiger partial charge in [-0.15, -0.1) is 0 Å². The molecule has 18 heavy (non-hydrogen) atoms. The van der Waals surface area contributed by atoms with Crippen LogP contribution >= 0.6 is 0 Å². The first-order valence-electron chi connectivity index (χ1n) is 6.18. The molecule has 3 nitrogen and oxygen atoms in total. The van der Waals surface area contributed by atoms with E-state index in [0.29, 0.717) is 0 Å². The molecule has 1 aliphatic heterocycles. The number of fused-ring (bicyclic) bond motifs is 2. The van der Waals surface area contributed by atoms with Crippen molar-refractivity contribution in [2.75, 3.05) is 11.4 Å². The van der Waals surface area contributed by atoms with Crippen LogP contribution in [0.25, 0.3) is 0 Å². The van der Waals surface area contributed by atoms with Gasteiger partial charge in [0.1, 0.15) is 5.69 Å². The van der Waals surface area contributed by atoms with Crippen LogP contribution in [0.2, 0.25) is 0 Å². The fourth-order valence-corrected chi connectivity index (χ4v) is 2.37. The maximum absolute atomic E-state index is 4.69. The Morgan fingerprint density at radius 3 is 2.78 bits per heavy atom. The van der Waals surface area contributed by atoms with Crippen molar-refractivity contribution in [1.82, 2.24) is 4.98 Å². The van der Waals surface area contributed by atoms with Crippen molar-refractivity contribution in [3.8, 4) is 0 Å². The fourth-order valence-electron chi connectivity index (χ4n) is 2.37. The largest absolute Gasteiger partial charge is 0.324 e. The third kappa shape index (κ3) is 1.59. The normalized spacial score (nSPS) is 13.4. The Bertz CT molecular complexity index is 617. The molecule has 3 heteroatoms. The summed E-state index contributed by atoms with van der Waals surface area (Å²) >= 11 is 0. The van der Waals surface area contributed by atoms with E-state index in [2.05, 4.69) is 48.0 Å². The molecule has 0 saturated carbocycles. The van der Waals surface area contributed by atoms with Crippen LogP contribution in [0, 0.1) is 0 Å². The van der Waals surface area contributed by atoms with Crippen molar-refractivity contribution >= 4 is 22.9 Å². The van der Waals surface area contributed by atoms with E-state index < -0.39 is 0 Å². The lowest BCUT2D eigenvalue weighted by molar-refractivity contribution is 0.991. The van der Waals surface area contributed by atoms with Gasteiger partial charge in [-0.25, -0.2) is 9.98 Å². The van der Waals surface area contributed by atoms with Crippen molar-refractivity contribution in [3.63, 3.8) is 0 Å². The van der Waals surface area contributed by atoms with E-state index in [9.17, 15) is 0 Å². The standard InChI is InChI=1S/C15H15N3/c1-3-18-14-9-5-4-7-12(14)11(2)17-13-8-6-10-16-15(13)18/h4-10H,3H2,1-2H3. The maximum Gasteiger partial charge on any atom is 0.159 e. The van der Waals surface area contributed by atoms with Crippen LogP contribution in [0.15, 0.2) is 47.6 Å². The third-order valence-electron chi connectivity index (χ3n) is 3.21. The van der Waals surface area contributed by atoms with Crippen LogP contribution in [-0.4, -0.2) is 17.2 Å². The highest BCUT2D eigenvalue weighted by Gasteiger charge is 2.20. The zero-order valence-electron chi connectivity index (χ0n) is 10.6. The van der Waals surface area contributed by atoms with Crippen LogP contribution < -0.4 is 4.90 Å². The molecule has 0 N–H and O–H groups in total. The number of hydrogen-bond acceptors (Lipinski definition) is 3. The van der Waals surface area contributed by atoms with Crippen LogP contribution in [-0.2, 0) is 0 Å². The van der Waals surface area contributed by atoms with E-state index in [1.165, 1.54) is 11.3 Å². The predicted octanol–water partition coefficient (Wildman–Crippen LogP) is 3.69. The predicted molar refractivity (Wildman–Crippen MR) is 75.2 cm³/mol. The summed E-state index contributed by atoms with van der Waals surface area (Å²) in [5.74, 6) is 0.935. The summed E-state index contributed by atoms with van der Waals surface area (Å²) in [6.45, 7) is 5.06. The first-order chi connectivity index (χ1) is 8.81. The van der Waals surface area contributed by atoms with E-state index >= 15 is 0 Å². The number of aromatic nitrogens is 1. The molecule has 0 amide bonds. The SMILES string of the molecule is CCN1c2ccccc2C(C)=Nc2cccnc21. The molecule has 0 saturated heterocycles. The molecule has 0 spiro atoms. The summed E-state index contributed by atoms with van der Waals surface area (Å²) in [5.41, 5.74) is 4.33. The highest BCUT2D eigenvalue weighted by molar-refractivity contribution is 6.07. The van der Waals surface area contributed by atoms with Gasteiger partial charge in [0.25, 0.3) is 0 Å². The van der Waals surface area contributed by atoms with Crippen molar-refractivity contribution in [2.24, 2.45) is 4.99 Å². The Labute approximate surface area is 107 Å². The van der Waals surface area contributed by atoms with Gasteiger partial charge in [-0.3, -0.25) is 0 Å². The van der Waals surface area contributed by atoms with Gasteiger partial charge >= 0.3 is 0 Å². The summed E-state index contributed by atoms with van der Waals surface area (Å²) in [7, 11) is 0. The number of aliphatic imine (C=N–C) groups is 1. The average Bonchev–Trinajstić information content (AvgIpc) is 2.53. The number of para-hydroxylation sites is 1. The van der Waals surface area contributed by atoms with Crippen molar-refractivity contribution in [3.05, 3.63) is 48.2 Å². The van der Waals surface area contributed by atoms with Gasteiger partial charge in [-0.05, 0) is 32.0 Å². The van der Waals surface area contributed by atoms with Crippen LogP contribution in [0.4, 0.5) is 17.2 Å². The first kappa shape index (κ1) is 11.0. The minimum Gasteiger partial charge on any atom is -0.324 e. The number of pyridine rings is 1. The maximum atomic E-state index is 4.69. The van der Waals surface area contributed by atoms with Gasteiger partial charge in [0.15, 0.2) is 5.82 Å². The molecular weight excluding hydrogens is 222 g/mol. The highest BCUT2D eigenvalue weighted by atomic mass is 15.2. The summed E-state index contributed by atoms with van der Waals surface area (Å²) in [4.78, 5) is 11.4. The average molecular weight is 237 g/mol.